The average Bonchev–Trinajstić information content (AvgIpc) is 3.12. The molecule has 0 saturated heterocycles. The molecule has 26 heavy (non-hydrogen) atoms. The molecule has 1 heterocycles. The highest BCUT2D eigenvalue weighted by Crippen LogP contribution is 2.18. The molecule has 0 aliphatic carbocycles. The number of para-hydroxylation sites is 1. The lowest BCUT2D eigenvalue weighted by atomic mass is 10.1. The monoisotopic (exact) mass is 385 g/mol. The minimum Gasteiger partial charge on any atom is -0.345 e. The number of thiophene rings is 1. The maximum atomic E-state index is 12.2. The van der Waals surface area contributed by atoms with Crippen molar-refractivity contribution < 1.29 is 27.6 Å². The zero-order valence-corrected chi connectivity index (χ0v) is 14.0. The van der Waals surface area contributed by atoms with Gasteiger partial charge in [-0.25, -0.2) is 0 Å². The molecule has 0 aliphatic heterocycles. The van der Waals surface area contributed by atoms with Crippen LogP contribution < -0.4 is 16.0 Å². The lowest BCUT2D eigenvalue weighted by molar-refractivity contribution is -0.137. The largest absolute Gasteiger partial charge is 0.405 e. The Bertz CT molecular complexity index is 792. The summed E-state index contributed by atoms with van der Waals surface area (Å²) >= 11 is 1.23. The maximum absolute atomic E-state index is 12.2. The number of benzene rings is 1. The summed E-state index contributed by atoms with van der Waals surface area (Å²) in [6, 6.07) is 9.42. The number of carbonyl (C=O) groups excluding carboxylic acids is 3. The van der Waals surface area contributed by atoms with Crippen molar-refractivity contribution in [3.05, 3.63) is 52.2 Å². The highest BCUT2D eigenvalue weighted by atomic mass is 32.1. The first-order chi connectivity index (χ1) is 12.3. The molecule has 0 spiro atoms. The average molecular weight is 385 g/mol. The topological polar surface area (TPSA) is 87.3 Å². The van der Waals surface area contributed by atoms with E-state index in [9.17, 15) is 27.6 Å². The molecule has 2 rings (SSSR count). The Labute approximate surface area is 150 Å². The van der Waals surface area contributed by atoms with Gasteiger partial charge in [0.05, 0.1) is 22.7 Å². The van der Waals surface area contributed by atoms with Crippen LogP contribution in [0.1, 0.15) is 20.0 Å². The maximum Gasteiger partial charge on any atom is 0.405 e. The number of hydrogen-bond acceptors (Lipinski definition) is 4. The Morgan fingerprint density at radius 3 is 2.35 bits per heavy atom. The summed E-state index contributed by atoms with van der Waals surface area (Å²) < 4.78 is 36.1. The van der Waals surface area contributed by atoms with Crippen LogP contribution >= 0.6 is 11.3 Å². The molecule has 0 unspecified atom stereocenters. The van der Waals surface area contributed by atoms with Crippen molar-refractivity contribution >= 4 is 34.7 Å². The van der Waals surface area contributed by atoms with E-state index in [4.69, 9.17) is 0 Å². The zero-order valence-electron chi connectivity index (χ0n) is 13.2. The van der Waals surface area contributed by atoms with Gasteiger partial charge in [-0.1, -0.05) is 18.2 Å². The van der Waals surface area contributed by atoms with Gasteiger partial charge in [0.15, 0.2) is 0 Å². The summed E-state index contributed by atoms with van der Waals surface area (Å²) in [5.41, 5.74) is 0.306. The normalized spacial score (nSPS) is 10.9. The van der Waals surface area contributed by atoms with Gasteiger partial charge in [-0.3, -0.25) is 14.4 Å². The van der Waals surface area contributed by atoms with Gasteiger partial charge in [-0.2, -0.15) is 13.2 Å². The molecule has 0 saturated carbocycles. The van der Waals surface area contributed by atoms with E-state index in [1.54, 1.807) is 35.0 Å². The van der Waals surface area contributed by atoms with E-state index in [-0.39, 0.29) is 11.3 Å². The molecule has 2 aromatic rings. The first-order valence-corrected chi connectivity index (χ1v) is 8.20. The number of alkyl halides is 3. The smallest absolute Gasteiger partial charge is 0.345 e. The van der Waals surface area contributed by atoms with Crippen LogP contribution in [-0.4, -0.2) is 37.0 Å². The van der Waals surface area contributed by atoms with Gasteiger partial charge in [-0.05, 0) is 23.6 Å². The van der Waals surface area contributed by atoms with Gasteiger partial charge < -0.3 is 16.0 Å². The Kier molecular flexibility index (Phi) is 6.34. The van der Waals surface area contributed by atoms with Crippen molar-refractivity contribution in [1.82, 2.24) is 10.6 Å². The van der Waals surface area contributed by atoms with Crippen LogP contribution in [0.3, 0.4) is 0 Å². The summed E-state index contributed by atoms with van der Waals surface area (Å²) in [6.45, 7) is -2.10. The van der Waals surface area contributed by atoms with Gasteiger partial charge in [-0.15, -0.1) is 11.3 Å². The number of amides is 3. The summed E-state index contributed by atoms with van der Waals surface area (Å²) in [4.78, 5) is 36.1. The van der Waals surface area contributed by atoms with E-state index in [1.807, 2.05) is 0 Å². The molecule has 0 aliphatic rings. The minimum absolute atomic E-state index is 0.0843. The van der Waals surface area contributed by atoms with E-state index in [2.05, 4.69) is 10.6 Å². The minimum atomic E-state index is -4.53. The van der Waals surface area contributed by atoms with Crippen molar-refractivity contribution in [2.24, 2.45) is 0 Å². The van der Waals surface area contributed by atoms with Gasteiger partial charge in [0.25, 0.3) is 11.8 Å². The second-order valence-corrected chi connectivity index (χ2v) is 6.00. The third-order valence-corrected chi connectivity index (χ3v) is 3.93. The molecule has 3 amide bonds. The summed E-state index contributed by atoms with van der Waals surface area (Å²) in [5.74, 6) is -2.08. The van der Waals surface area contributed by atoms with Crippen LogP contribution in [0.15, 0.2) is 41.8 Å². The highest BCUT2D eigenvalue weighted by Gasteiger charge is 2.27. The molecule has 0 radical (unpaired) electrons. The third-order valence-electron chi connectivity index (χ3n) is 3.06. The molecular weight excluding hydrogens is 371 g/mol. The molecule has 6 nitrogen and oxygen atoms in total. The molecular formula is C16H14F3N3O3S. The fourth-order valence-electron chi connectivity index (χ4n) is 1.90. The second kappa shape index (κ2) is 8.48. The standard InChI is InChI=1S/C16H14F3N3O3S/c17-16(18,19)9-21-13(23)8-20-14(24)10-4-1-2-5-11(10)22-15(25)12-6-3-7-26-12/h1-7H,8-9H2,(H,20,24)(H,21,23)(H,22,25). The molecule has 1 aromatic carbocycles. The number of halogens is 3. The van der Waals surface area contributed by atoms with Crippen LogP contribution in [0.2, 0.25) is 0 Å². The Morgan fingerprint density at radius 2 is 1.69 bits per heavy atom. The van der Waals surface area contributed by atoms with Crippen LogP contribution in [0, 0.1) is 0 Å². The molecule has 0 fully saturated rings. The fraction of sp³-hybridized carbons (Fsp3) is 0.188. The quantitative estimate of drug-likeness (QED) is 0.714. The lowest BCUT2D eigenvalue weighted by Crippen LogP contribution is -2.41. The van der Waals surface area contributed by atoms with Crippen molar-refractivity contribution in [3.63, 3.8) is 0 Å². The summed E-state index contributed by atoms with van der Waals surface area (Å²) in [5, 5.41) is 8.18. The highest BCUT2D eigenvalue weighted by molar-refractivity contribution is 7.12. The number of hydrogen-bond donors (Lipinski definition) is 3. The van der Waals surface area contributed by atoms with Crippen molar-refractivity contribution in [3.8, 4) is 0 Å². The third kappa shape index (κ3) is 5.88. The second-order valence-electron chi connectivity index (χ2n) is 5.05. The van der Waals surface area contributed by atoms with Crippen molar-refractivity contribution in [1.29, 1.82) is 0 Å². The zero-order chi connectivity index (χ0) is 19.2. The summed E-state index contributed by atoms with van der Waals surface area (Å²) in [6.07, 6.45) is -4.53. The number of rotatable bonds is 6. The first-order valence-electron chi connectivity index (χ1n) is 7.32. The van der Waals surface area contributed by atoms with Crippen molar-refractivity contribution in [2.45, 2.75) is 6.18 Å². The van der Waals surface area contributed by atoms with Crippen LogP contribution in [0.5, 0.6) is 0 Å². The van der Waals surface area contributed by atoms with Gasteiger partial charge in [0.1, 0.15) is 6.54 Å². The van der Waals surface area contributed by atoms with E-state index < -0.39 is 37.0 Å². The first kappa shape index (κ1) is 19.4. The number of nitrogens with one attached hydrogen (secondary N) is 3. The predicted octanol–water partition coefficient (Wildman–Crippen LogP) is 2.41. The Hall–Kier alpha value is -2.88. The Balaban J connectivity index is 1.96. The Morgan fingerprint density at radius 1 is 0.962 bits per heavy atom. The summed E-state index contributed by atoms with van der Waals surface area (Å²) in [7, 11) is 0. The SMILES string of the molecule is O=C(CNC(=O)c1ccccc1NC(=O)c1cccs1)NCC(F)(F)F. The molecule has 0 bridgehead atoms. The van der Waals surface area contributed by atoms with Crippen LogP contribution in [-0.2, 0) is 4.79 Å². The van der Waals surface area contributed by atoms with Gasteiger partial charge in [0, 0.05) is 0 Å². The number of carbonyl (C=O) groups is 3. The fourth-order valence-corrected chi connectivity index (χ4v) is 2.52. The molecule has 138 valence electrons. The van der Waals surface area contributed by atoms with E-state index in [0.717, 1.165) is 0 Å². The van der Waals surface area contributed by atoms with Gasteiger partial charge in [0.2, 0.25) is 5.91 Å². The molecule has 0 atom stereocenters. The van der Waals surface area contributed by atoms with E-state index >= 15 is 0 Å². The van der Waals surface area contributed by atoms with Crippen LogP contribution in [0.25, 0.3) is 0 Å². The lowest BCUT2D eigenvalue weighted by Gasteiger charge is -2.12. The van der Waals surface area contributed by atoms with Crippen molar-refractivity contribution in [2.75, 3.05) is 18.4 Å². The van der Waals surface area contributed by atoms with Crippen LogP contribution in [0.4, 0.5) is 18.9 Å². The molecule has 10 heteroatoms. The molecule has 3 N–H and O–H groups in total. The van der Waals surface area contributed by atoms with E-state index in [1.165, 1.54) is 23.5 Å². The van der Waals surface area contributed by atoms with E-state index in [0.29, 0.717) is 4.88 Å². The van der Waals surface area contributed by atoms with Gasteiger partial charge >= 0.3 is 6.18 Å². The molecule has 1 aromatic heterocycles. The number of anilines is 1. The predicted molar refractivity (Wildman–Crippen MR) is 90.1 cm³/mol.